The number of anilines is 1. The monoisotopic (exact) mass is 515 g/mol. The number of para-hydroxylation sites is 1. The second-order valence-electron chi connectivity index (χ2n) is 11.2. The lowest BCUT2D eigenvalue weighted by Crippen LogP contribution is -2.29. The summed E-state index contributed by atoms with van der Waals surface area (Å²) < 4.78 is 0. The summed E-state index contributed by atoms with van der Waals surface area (Å²) in [5.41, 5.74) is 7.16. The van der Waals surface area contributed by atoms with Crippen LogP contribution in [0.5, 0.6) is 0 Å². The van der Waals surface area contributed by atoms with Crippen molar-refractivity contribution in [1.29, 1.82) is 0 Å². The first-order valence-electron chi connectivity index (χ1n) is 13.8. The van der Waals surface area contributed by atoms with Gasteiger partial charge in [0.25, 0.3) is 0 Å². The summed E-state index contributed by atoms with van der Waals surface area (Å²) >= 11 is 0. The van der Waals surface area contributed by atoms with Crippen LogP contribution in [0, 0.1) is 6.92 Å². The summed E-state index contributed by atoms with van der Waals surface area (Å²) in [6.45, 7) is 12.2. The number of rotatable bonds is 12. The highest BCUT2D eigenvalue weighted by atomic mass is 16.3. The van der Waals surface area contributed by atoms with Crippen LogP contribution in [0.3, 0.4) is 0 Å². The number of allylic oxidation sites excluding steroid dienone is 4. The molecule has 2 N–H and O–H groups in total. The molecule has 0 aromatic heterocycles. The van der Waals surface area contributed by atoms with Gasteiger partial charge in [-0.05, 0) is 54.7 Å². The lowest BCUT2D eigenvalue weighted by molar-refractivity contribution is -0.121. The van der Waals surface area contributed by atoms with Crippen LogP contribution in [0.4, 0.5) is 5.69 Å². The molecular weight excluding hydrogens is 470 g/mol. The minimum absolute atomic E-state index is 0.00172. The number of carbonyl (C=O) groups excluding carboxylic acids is 1. The molecule has 2 aromatic carbocycles. The van der Waals surface area contributed by atoms with Crippen LogP contribution in [0.25, 0.3) is 0 Å². The molecule has 38 heavy (non-hydrogen) atoms. The molecule has 0 unspecified atom stereocenters. The zero-order valence-corrected chi connectivity index (χ0v) is 24.1. The fraction of sp³-hybridized carbons (Fsp3) is 0.455. The topological polar surface area (TPSA) is 64.9 Å². The van der Waals surface area contributed by atoms with Gasteiger partial charge in [-0.15, -0.1) is 0 Å². The highest BCUT2D eigenvalue weighted by molar-refractivity contribution is 6.03. The average Bonchev–Trinajstić information content (AvgIpc) is 3.08. The zero-order valence-electron chi connectivity index (χ0n) is 24.1. The van der Waals surface area contributed by atoms with Crippen LogP contribution in [0.1, 0.15) is 70.1 Å². The number of unbranched alkanes of at least 4 members (excludes halogenated alkanes) is 2. The molecular formula is C33H45N3O2. The highest BCUT2D eigenvalue weighted by Gasteiger charge is 2.37. The Morgan fingerprint density at radius 3 is 2.50 bits per heavy atom. The van der Waals surface area contributed by atoms with Gasteiger partial charge in [0.05, 0.1) is 6.61 Å². The number of aliphatic imine (C=N–C) groups is 1. The zero-order chi connectivity index (χ0) is 27.8. The number of aliphatic hydroxyl groups is 1. The largest absolute Gasteiger partial charge is 0.395 e. The summed E-state index contributed by atoms with van der Waals surface area (Å²) in [7, 11) is 2.14. The first-order valence-corrected chi connectivity index (χ1v) is 13.8. The minimum Gasteiger partial charge on any atom is -0.395 e. The van der Waals surface area contributed by atoms with Gasteiger partial charge in [-0.3, -0.25) is 9.79 Å². The number of fused-ring (bicyclic) bond motifs is 1. The second kappa shape index (κ2) is 13.1. The molecule has 5 nitrogen and oxygen atoms in total. The molecule has 2 aromatic rings. The van der Waals surface area contributed by atoms with E-state index in [1.54, 1.807) is 0 Å². The van der Waals surface area contributed by atoms with Gasteiger partial charge in [0.15, 0.2) is 0 Å². The Bertz CT molecular complexity index is 1190. The van der Waals surface area contributed by atoms with E-state index in [1.165, 1.54) is 28.1 Å². The number of nitrogens with zero attached hydrogens (tertiary/aromatic N) is 2. The lowest BCUT2D eigenvalue weighted by atomic mass is 9.77. The maximum atomic E-state index is 11.8. The van der Waals surface area contributed by atoms with E-state index in [0.29, 0.717) is 13.0 Å². The molecule has 0 radical (unpaired) electrons. The highest BCUT2D eigenvalue weighted by Crippen LogP contribution is 2.46. The molecule has 0 saturated carbocycles. The minimum atomic E-state index is -0.245. The number of amides is 1. The molecule has 3 rings (SSSR count). The third-order valence-corrected chi connectivity index (χ3v) is 7.69. The quantitative estimate of drug-likeness (QED) is 0.259. The lowest BCUT2D eigenvalue weighted by Gasteiger charge is -2.28. The summed E-state index contributed by atoms with van der Waals surface area (Å²) in [6, 6.07) is 17.2. The Kier molecular flexibility index (Phi) is 10.1. The van der Waals surface area contributed by atoms with Crippen molar-refractivity contribution in [1.82, 2.24) is 5.32 Å². The van der Waals surface area contributed by atoms with Crippen LogP contribution in [0.15, 0.2) is 77.4 Å². The summed E-state index contributed by atoms with van der Waals surface area (Å²) in [6.07, 6.45) is 9.75. The van der Waals surface area contributed by atoms with E-state index in [2.05, 4.69) is 119 Å². The first kappa shape index (κ1) is 29.4. The van der Waals surface area contributed by atoms with Gasteiger partial charge < -0.3 is 15.3 Å². The Morgan fingerprint density at radius 2 is 1.79 bits per heavy atom. The maximum Gasteiger partial charge on any atom is 0.220 e. The first-order chi connectivity index (χ1) is 18.1. The van der Waals surface area contributed by atoms with E-state index in [0.717, 1.165) is 31.5 Å². The Hall–Kier alpha value is -3.18. The number of aliphatic hydroxyl groups excluding tert-OH is 1. The van der Waals surface area contributed by atoms with Gasteiger partial charge in [-0.25, -0.2) is 0 Å². The predicted molar refractivity (Wildman–Crippen MR) is 160 cm³/mol. The van der Waals surface area contributed by atoms with Gasteiger partial charge >= 0.3 is 0 Å². The van der Waals surface area contributed by atoms with Gasteiger partial charge in [0, 0.05) is 54.5 Å². The van der Waals surface area contributed by atoms with Crippen LogP contribution >= 0.6 is 0 Å². The fourth-order valence-electron chi connectivity index (χ4n) is 5.46. The molecule has 1 aliphatic rings. The van der Waals surface area contributed by atoms with Gasteiger partial charge in [-0.1, -0.05) is 82.7 Å². The predicted octanol–water partition coefficient (Wildman–Crippen LogP) is 6.25. The number of likely N-dealkylation sites (N-methyl/N-ethyl adjacent to an activating group) is 1. The third kappa shape index (κ3) is 6.82. The van der Waals surface area contributed by atoms with Crippen molar-refractivity contribution in [3.8, 4) is 0 Å². The number of aryl methyl sites for hydroxylation is 1. The van der Waals surface area contributed by atoms with Crippen molar-refractivity contribution in [3.05, 3.63) is 89.1 Å². The molecule has 0 saturated heterocycles. The fourth-order valence-corrected chi connectivity index (χ4v) is 5.46. The molecule has 1 amide bonds. The van der Waals surface area contributed by atoms with Crippen LogP contribution < -0.4 is 10.2 Å². The summed E-state index contributed by atoms with van der Waals surface area (Å²) in [5.74, 6) is 0.00172. The third-order valence-electron chi connectivity index (χ3n) is 7.69. The average molecular weight is 516 g/mol. The number of hydrogen-bond donors (Lipinski definition) is 2. The van der Waals surface area contributed by atoms with Crippen molar-refractivity contribution in [2.45, 2.75) is 71.1 Å². The van der Waals surface area contributed by atoms with Crippen molar-refractivity contribution in [3.63, 3.8) is 0 Å². The number of carbonyl (C=O) groups is 1. The molecule has 0 aliphatic carbocycles. The van der Waals surface area contributed by atoms with Crippen molar-refractivity contribution in [2.24, 2.45) is 4.99 Å². The van der Waals surface area contributed by atoms with E-state index >= 15 is 0 Å². The molecule has 0 fully saturated rings. The van der Waals surface area contributed by atoms with E-state index in [1.807, 2.05) is 0 Å². The van der Waals surface area contributed by atoms with Crippen LogP contribution in [-0.4, -0.2) is 43.5 Å². The van der Waals surface area contributed by atoms with Crippen molar-refractivity contribution < 1.29 is 9.90 Å². The Balaban J connectivity index is 1.78. The normalized spacial score (nSPS) is 16.3. The molecule has 0 atom stereocenters. The molecule has 1 heterocycles. The van der Waals surface area contributed by atoms with Crippen molar-refractivity contribution in [2.75, 3.05) is 31.6 Å². The van der Waals surface area contributed by atoms with Crippen LogP contribution in [0.2, 0.25) is 0 Å². The number of nitrogens with one attached hydrogen (secondary N) is 1. The SMILES string of the molecule is Cc1ccccc1C(C)(C)C(/C=C/C=C1/N(C)c2ccccc2C1(C)C)=NCCCCCC(=O)NCCO. The molecule has 0 bridgehead atoms. The second-order valence-corrected chi connectivity index (χ2v) is 11.2. The van der Waals surface area contributed by atoms with Crippen LogP contribution in [-0.2, 0) is 15.6 Å². The molecule has 204 valence electrons. The number of benzene rings is 2. The van der Waals surface area contributed by atoms with E-state index in [-0.39, 0.29) is 23.3 Å². The van der Waals surface area contributed by atoms with E-state index in [9.17, 15) is 4.79 Å². The van der Waals surface area contributed by atoms with Gasteiger partial charge in [0.2, 0.25) is 5.91 Å². The molecule has 5 heteroatoms. The van der Waals surface area contributed by atoms with Gasteiger partial charge in [0.1, 0.15) is 0 Å². The molecule has 0 spiro atoms. The van der Waals surface area contributed by atoms with E-state index < -0.39 is 0 Å². The summed E-state index contributed by atoms with van der Waals surface area (Å²) in [5, 5.41) is 11.5. The van der Waals surface area contributed by atoms with Crippen molar-refractivity contribution >= 4 is 17.3 Å². The van der Waals surface area contributed by atoms with Gasteiger partial charge in [-0.2, -0.15) is 0 Å². The standard InChI is InChI=1S/C33H45N3O2/c1-25-15-9-10-16-26(25)32(2,3)29(34-22-13-7-8-21-31(38)35-23-24-37)19-14-20-30-33(4,5)27-17-11-12-18-28(27)36(30)6/h9-12,14-20,37H,7-8,13,21-24H2,1-6H3,(H,35,38)/b19-14+,30-20+,34-29?. The Labute approximate surface area is 229 Å². The summed E-state index contributed by atoms with van der Waals surface area (Å²) in [4.78, 5) is 19.1. The maximum absolute atomic E-state index is 11.8. The van der Waals surface area contributed by atoms with E-state index in [4.69, 9.17) is 10.1 Å². The number of hydrogen-bond acceptors (Lipinski definition) is 4. The smallest absolute Gasteiger partial charge is 0.220 e. The Morgan fingerprint density at radius 1 is 1.08 bits per heavy atom. The molecule has 1 aliphatic heterocycles.